The fraction of sp³-hybridized carbons (Fsp3) is 0.500. The SMILES string of the molecule is COc1nc(N2CCCC3NCCCC32)c2c(=O)oc(-c3cc(O)cc4cccc(F)c34)c(C)c2n1.FC1CC2CCCN2C1. The first-order valence-corrected chi connectivity index (χ1v) is 16.0. The molecule has 4 fully saturated rings. The second-order valence-corrected chi connectivity index (χ2v) is 12.7. The number of methoxy groups -OCH3 is 1. The predicted octanol–water partition coefficient (Wildman–Crippen LogP) is 5.48. The molecule has 4 unspecified atom stereocenters. The van der Waals surface area contributed by atoms with Crippen LogP contribution < -0.4 is 20.6 Å². The van der Waals surface area contributed by atoms with Gasteiger partial charge in [-0.25, -0.2) is 13.6 Å². The third-order valence-corrected chi connectivity index (χ3v) is 9.90. The van der Waals surface area contributed by atoms with Crippen LogP contribution in [0.4, 0.5) is 14.6 Å². The van der Waals surface area contributed by atoms with Crippen molar-refractivity contribution in [2.24, 2.45) is 0 Å². The number of ether oxygens (including phenoxy) is 1. The number of nitrogens with zero attached hydrogens (tertiary/aromatic N) is 4. The van der Waals surface area contributed by atoms with Gasteiger partial charge in [0.15, 0.2) is 5.82 Å². The average Bonchev–Trinajstić information content (AvgIpc) is 3.63. The summed E-state index contributed by atoms with van der Waals surface area (Å²) >= 11 is 0. The molecule has 2 aromatic carbocycles. The Morgan fingerprint density at radius 2 is 1.93 bits per heavy atom. The molecule has 9 nitrogen and oxygen atoms in total. The highest BCUT2D eigenvalue weighted by molar-refractivity contribution is 6.00. The molecule has 0 radical (unpaired) electrons. The van der Waals surface area contributed by atoms with E-state index in [9.17, 15) is 18.7 Å². The van der Waals surface area contributed by atoms with Gasteiger partial charge in [0.2, 0.25) is 0 Å². The molecule has 2 N–H and O–H groups in total. The van der Waals surface area contributed by atoms with Crippen LogP contribution in [0, 0.1) is 12.7 Å². The van der Waals surface area contributed by atoms with Crippen LogP contribution in [0.15, 0.2) is 39.5 Å². The summed E-state index contributed by atoms with van der Waals surface area (Å²) in [6, 6.07) is 8.79. The third-order valence-electron chi connectivity index (χ3n) is 9.90. The number of hydrogen-bond donors (Lipinski definition) is 2. The number of alkyl halides is 1. The van der Waals surface area contributed by atoms with E-state index in [2.05, 4.69) is 25.1 Å². The van der Waals surface area contributed by atoms with Gasteiger partial charge in [0, 0.05) is 47.7 Å². The summed E-state index contributed by atoms with van der Waals surface area (Å²) in [5, 5.41) is 15.0. The minimum Gasteiger partial charge on any atom is -0.508 e. The van der Waals surface area contributed by atoms with Crippen LogP contribution in [0.1, 0.15) is 50.5 Å². The minimum absolute atomic E-state index is 0.0599. The van der Waals surface area contributed by atoms with Gasteiger partial charge < -0.3 is 24.5 Å². The lowest BCUT2D eigenvalue weighted by Gasteiger charge is -2.45. The fourth-order valence-electron chi connectivity index (χ4n) is 7.86. The molecule has 0 aliphatic carbocycles. The van der Waals surface area contributed by atoms with E-state index in [1.54, 1.807) is 19.1 Å². The molecule has 2 aromatic heterocycles. The van der Waals surface area contributed by atoms with E-state index >= 15 is 0 Å². The van der Waals surface area contributed by atoms with Gasteiger partial charge in [-0.05, 0) is 88.5 Å². The number of piperidine rings is 2. The van der Waals surface area contributed by atoms with Crippen LogP contribution in [0.2, 0.25) is 0 Å². The summed E-state index contributed by atoms with van der Waals surface area (Å²) in [5.74, 6) is 0.122. The first-order valence-electron chi connectivity index (χ1n) is 16.0. The number of rotatable bonds is 3. The number of fused-ring (bicyclic) bond motifs is 4. The molecule has 0 bridgehead atoms. The van der Waals surface area contributed by atoms with Crippen molar-refractivity contribution in [2.75, 3.05) is 38.2 Å². The Bertz CT molecular complexity index is 1780. The maximum atomic E-state index is 14.9. The number of aryl methyl sites for hydroxylation is 1. The number of hydrogen-bond acceptors (Lipinski definition) is 9. The zero-order valence-electron chi connectivity index (χ0n) is 25.7. The summed E-state index contributed by atoms with van der Waals surface area (Å²) in [6.07, 6.45) is 6.91. The zero-order valence-corrected chi connectivity index (χ0v) is 25.7. The van der Waals surface area contributed by atoms with Gasteiger partial charge in [0.05, 0.1) is 12.6 Å². The van der Waals surface area contributed by atoms with Crippen molar-refractivity contribution in [3.8, 4) is 23.1 Å². The Morgan fingerprint density at radius 1 is 1.09 bits per heavy atom. The number of phenolic OH excluding ortho intramolecular Hbond substituents is 1. The third kappa shape index (κ3) is 5.50. The lowest BCUT2D eigenvalue weighted by atomic mass is 9.89. The number of benzene rings is 2. The van der Waals surface area contributed by atoms with Gasteiger partial charge in [-0.3, -0.25) is 4.90 Å². The molecule has 8 rings (SSSR count). The largest absolute Gasteiger partial charge is 0.508 e. The molecule has 6 heterocycles. The first-order chi connectivity index (χ1) is 21.8. The molecule has 4 saturated heterocycles. The van der Waals surface area contributed by atoms with Crippen LogP contribution in [0.5, 0.6) is 11.8 Å². The molecular weight excluding hydrogens is 580 g/mol. The second-order valence-electron chi connectivity index (χ2n) is 12.7. The minimum atomic E-state index is -0.609. The molecule has 4 aliphatic rings. The van der Waals surface area contributed by atoms with Crippen molar-refractivity contribution in [2.45, 2.75) is 76.2 Å². The van der Waals surface area contributed by atoms with Gasteiger partial charge in [-0.15, -0.1) is 0 Å². The van der Waals surface area contributed by atoms with Crippen LogP contribution in [0.3, 0.4) is 0 Å². The van der Waals surface area contributed by atoms with Crippen molar-refractivity contribution in [3.63, 3.8) is 0 Å². The molecule has 238 valence electrons. The van der Waals surface area contributed by atoms with Crippen LogP contribution in [-0.4, -0.2) is 77.6 Å². The number of aromatic nitrogens is 2. The molecule has 4 aromatic rings. The summed E-state index contributed by atoms with van der Waals surface area (Å²) in [6.45, 7) is 5.38. The van der Waals surface area contributed by atoms with Crippen molar-refractivity contribution in [1.29, 1.82) is 0 Å². The molecular formula is C34H39F2N5O4. The standard InChI is InChI=1S/C27H27FN4O4.C7H12FN/c1-14-23-22(25(31-27(30-23)35-2)32-11-5-8-19-20(32)9-4-10-29-19)26(34)36-24(14)17-13-16(33)12-15-6-3-7-18(28)21(15)17;8-6-4-7-2-1-3-9(7)5-6/h3,6-7,12-13,19-20,29,33H,4-5,8-11H2,1-2H3;6-7H,1-5H2. The molecule has 0 spiro atoms. The van der Waals surface area contributed by atoms with E-state index in [1.165, 1.54) is 38.2 Å². The Labute approximate surface area is 260 Å². The van der Waals surface area contributed by atoms with Crippen molar-refractivity contribution in [1.82, 2.24) is 20.2 Å². The van der Waals surface area contributed by atoms with E-state index < -0.39 is 17.6 Å². The molecule has 0 amide bonds. The summed E-state index contributed by atoms with van der Waals surface area (Å²) in [7, 11) is 1.49. The fourth-order valence-corrected chi connectivity index (χ4v) is 7.86. The molecule has 4 atom stereocenters. The lowest BCUT2D eigenvalue weighted by molar-refractivity contribution is 0.282. The van der Waals surface area contributed by atoms with E-state index in [-0.39, 0.29) is 39.9 Å². The Hall–Kier alpha value is -3.83. The monoisotopic (exact) mass is 619 g/mol. The molecule has 4 aliphatic heterocycles. The summed E-state index contributed by atoms with van der Waals surface area (Å²) in [4.78, 5) is 27.2. The lowest BCUT2D eigenvalue weighted by Crippen LogP contribution is -2.57. The van der Waals surface area contributed by atoms with Gasteiger partial charge in [-0.2, -0.15) is 9.97 Å². The van der Waals surface area contributed by atoms with E-state index in [1.807, 2.05) is 0 Å². The number of anilines is 1. The number of nitrogens with one attached hydrogen (secondary N) is 1. The Morgan fingerprint density at radius 3 is 2.76 bits per heavy atom. The smallest absolute Gasteiger partial charge is 0.349 e. The zero-order chi connectivity index (χ0) is 31.2. The number of halogens is 2. The van der Waals surface area contributed by atoms with Crippen molar-refractivity contribution in [3.05, 3.63) is 52.1 Å². The molecule has 0 saturated carbocycles. The quantitative estimate of drug-likeness (QED) is 0.309. The first kappa shape index (κ1) is 29.9. The van der Waals surface area contributed by atoms with Crippen LogP contribution in [0.25, 0.3) is 33.0 Å². The van der Waals surface area contributed by atoms with E-state index in [4.69, 9.17) is 9.15 Å². The van der Waals surface area contributed by atoms with Crippen LogP contribution >= 0.6 is 0 Å². The van der Waals surface area contributed by atoms with Gasteiger partial charge in [-0.1, -0.05) is 12.1 Å². The summed E-state index contributed by atoms with van der Waals surface area (Å²) < 4.78 is 38.8. The highest BCUT2D eigenvalue weighted by Crippen LogP contribution is 2.39. The highest BCUT2D eigenvalue weighted by atomic mass is 19.1. The maximum absolute atomic E-state index is 14.9. The maximum Gasteiger partial charge on any atom is 0.349 e. The Kier molecular flexibility index (Phi) is 8.07. The predicted molar refractivity (Wildman–Crippen MR) is 169 cm³/mol. The second kappa shape index (κ2) is 12.2. The van der Waals surface area contributed by atoms with E-state index in [0.717, 1.165) is 51.7 Å². The molecule has 45 heavy (non-hydrogen) atoms. The van der Waals surface area contributed by atoms with Crippen LogP contribution in [-0.2, 0) is 0 Å². The molecule has 11 heteroatoms. The highest BCUT2D eigenvalue weighted by Gasteiger charge is 2.36. The normalized spacial score (nSPS) is 24.8. The topological polar surface area (TPSA) is 104 Å². The van der Waals surface area contributed by atoms with Gasteiger partial charge in [0.1, 0.15) is 28.9 Å². The average molecular weight is 620 g/mol. The van der Waals surface area contributed by atoms with Gasteiger partial charge >= 0.3 is 11.6 Å². The van der Waals surface area contributed by atoms with Crippen molar-refractivity contribution >= 4 is 27.5 Å². The summed E-state index contributed by atoms with van der Waals surface area (Å²) in [5.41, 5.74) is 0.606. The number of aromatic hydroxyl groups is 1. The Balaban J connectivity index is 0.000000308. The van der Waals surface area contributed by atoms with Gasteiger partial charge in [0.25, 0.3) is 0 Å². The van der Waals surface area contributed by atoms with E-state index in [0.29, 0.717) is 40.9 Å². The van der Waals surface area contributed by atoms with Crippen molar-refractivity contribution < 1.29 is 23.0 Å². The number of phenols is 1.